The zero-order valence-corrected chi connectivity index (χ0v) is 11.9. The van der Waals surface area contributed by atoms with E-state index in [2.05, 4.69) is 34.7 Å². The molecule has 1 aliphatic carbocycles. The maximum Gasteiger partial charge on any atom is 0.165 e. The van der Waals surface area contributed by atoms with Crippen LogP contribution in [0.1, 0.15) is 37.5 Å². The summed E-state index contributed by atoms with van der Waals surface area (Å²) in [5, 5.41) is 0. The molecule has 3 rings (SSSR count). The Morgan fingerprint density at radius 1 is 1.35 bits per heavy atom. The molecular weight excluding hydrogens is 327 g/mol. The van der Waals surface area contributed by atoms with Crippen molar-refractivity contribution in [1.82, 2.24) is 0 Å². The minimum atomic E-state index is -0.361. The Morgan fingerprint density at radius 2 is 2.06 bits per heavy atom. The first-order chi connectivity index (χ1) is 7.99. The van der Waals surface area contributed by atoms with Crippen LogP contribution in [-0.2, 0) is 9.53 Å². The van der Waals surface area contributed by atoms with Crippen molar-refractivity contribution in [3.8, 4) is 0 Å². The third-order valence-electron chi connectivity index (χ3n) is 3.30. The molecule has 1 aromatic rings. The summed E-state index contributed by atoms with van der Waals surface area (Å²) in [5.74, 6) is 0.229. The lowest BCUT2D eigenvalue weighted by molar-refractivity contribution is -0.136. The highest BCUT2D eigenvalue weighted by Gasteiger charge is 2.43. The van der Waals surface area contributed by atoms with Crippen LogP contribution >= 0.6 is 22.6 Å². The number of ether oxygens (including phenoxy) is 1. The van der Waals surface area contributed by atoms with E-state index in [0.717, 1.165) is 20.3 Å². The van der Waals surface area contributed by atoms with Crippen LogP contribution in [0.4, 0.5) is 0 Å². The fourth-order valence-corrected chi connectivity index (χ4v) is 3.65. The van der Waals surface area contributed by atoms with Crippen LogP contribution in [0, 0.1) is 0 Å². The summed E-state index contributed by atoms with van der Waals surface area (Å²) in [6.45, 7) is 3.96. The minimum Gasteiger partial charge on any atom is -0.362 e. The number of fused-ring (bicyclic) bond motifs is 3. The van der Waals surface area contributed by atoms with E-state index in [1.54, 1.807) is 0 Å². The molecular formula is C14H13IO2. The monoisotopic (exact) mass is 340 g/mol. The Hall–Kier alpha value is -0.680. The van der Waals surface area contributed by atoms with Crippen molar-refractivity contribution >= 4 is 32.0 Å². The van der Waals surface area contributed by atoms with Crippen LogP contribution in [0.3, 0.4) is 0 Å². The highest BCUT2D eigenvalue weighted by atomic mass is 127. The average Bonchev–Trinajstić information content (AvgIpc) is 2.52. The molecule has 0 N–H and O–H groups in total. The van der Waals surface area contributed by atoms with Gasteiger partial charge in [-0.15, -0.1) is 0 Å². The molecule has 1 atom stereocenters. The molecule has 88 valence electrons. The maximum absolute atomic E-state index is 12.2. The molecule has 3 heteroatoms. The van der Waals surface area contributed by atoms with Gasteiger partial charge in [0, 0.05) is 15.6 Å². The van der Waals surface area contributed by atoms with Gasteiger partial charge in [-0.3, -0.25) is 4.79 Å². The third-order valence-corrected chi connectivity index (χ3v) is 4.46. The summed E-state index contributed by atoms with van der Waals surface area (Å²) in [4.78, 5) is 12.2. The van der Waals surface area contributed by atoms with Crippen molar-refractivity contribution in [2.45, 2.75) is 32.0 Å². The number of benzene rings is 1. The first-order valence-corrected chi connectivity index (χ1v) is 6.77. The molecule has 1 fully saturated rings. The molecule has 0 radical (unpaired) electrons. The first-order valence-electron chi connectivity index (χ1n) is 5.69. The van der Waals surface area contributed by atoms with Crippen LogP contribution in [0.15, 0.2) is 29.8 Å². The number of carbonyl (C=O) groups is 1. The molecule has 1 aliphatic heterocycles. The number of Topliss-reactive ketones (excluding diaryl/α,β-unsaturated/α-hetero) is 1. The van der Waals surface area contributed by atoms with Crippen molar-refractivity contribution < 1.29 is 9.53 Å². The van der Waals surface area contributed by atoms with Gasteiger partial charge in [-0.2, -0.15) is 0 Å². The molecule has 0 aromatic heterocycles. The number of rotatable bonds is 0. The summed E-state index contributed by atoms with van der Waals surface area (Å²) < 4.78 is 7.14. The van der Waals surface area contributed by atoms with Gasteiger partial charge < -0.3 is 4.74 Å². The summed E-state index contributed by atoms with van der Waals surface area (Å²) in [6, 6.07) is 8.12. The van der Waals surface area contributed by atoms with Crippen molar-refractivity contribution in [2.24, 2.45) is 0 Å². The van der Waals surface area contributed by atoms with Gasteiger partial charge >= 0.3 is 0 Å². The maximum atomic E-state index is 12.2. The highest BCUT2D eigenvalue weighted by Crippen LogP contribution is 2.50. The normalized spacial score (nSPS) is 25.8. The average molecular weight is 340 g/mol. The summed E-state index contributed by atoms with van der Waals surface area (Å²) in [6.07, 6.45) is 0.314. The second-order valence-electron chi connectivity index (χ2n) is 5.17. The fraction of sp³-hybridized carbons (Fsp3) is 0.357. The van der Waals surface area contributed by atoms with Gasteiger partial charge in [-0.1, -0.05) is 24.3 Å². The second kappa shape index (κ2) is 3.65. The third kappa shape index (κ3) is 1.67. The van der Waals surface area contributed by atoms with E-state index >= 15 is 0 Å². The van der Waals surface area contributed by atoms with Gasteiger partial charge in [0.15, 0.2) is 5.78 Å². The first kappa shape index (κ1) is 11.4. The van der Waals surface area contributed by atoms with Gasteiger partial charge in [0.1, 0.15) is 6.10 Å². The number of halogens is 1. The number of hydrogen-bond donors (Lipinski definition) is 0. The minimum absolute atomic E-state index is 0.158. The van der Waals surface area contributed by atoms with E-state index in [-0.39, 0.29) is 17.5 Å². The SMILES string of the molecule is CC1(C)CC(=O)C2=C(I)c3ccccc3C2O1. The zero-order valence-electron chi connectivity index (χ0n) is 9.79. The molecule has 1 unspecified atom stereocenters. The van der Waals surface area contributed by atoms with E-state index < -0.39 is 0 Å². The van der Waals surface area contributed by atoms with Gasteiger partial charge in [-0.25, -0.2) is 0 Å². The number of carbonyl (C=O) groups excluding carboxylic acids is 1. The Bertz CT molecular complexity index is 543. The predicted molar refractivity (Wildman–Crippen MR) is 74.9 cm³/mol. The quantitative estimate of drug-likeness (QED) is 0.674. The Morgan fingerprint density at radius 3 is 2.82 bits per heavy atom. The van der Waals surface area contributed by atoms with Crippen LogP contribution in [-0.4, -0.2) is 11.4 Å². The van der Waals surface area contributed by atoms with Gasteiger partial charge in [0.2, 0.25) is 0 Å². The van der Waals surface area contributed by atoms with Crippen molar-refractivity contribution in [3.05, 3.63) is 41.0 Å². The molecule has 0 saturated carbocycles. The summed E-state index contributed by atoms with van der Waals surface area (Å²) >= 11 is 2.26. The van der Waals surface area contributed by atoms with Crippen LogP contribution in [0.2, 0.25) is 0 Å². The van der Waals surface area contributed by atoms with Crippen molar-refractivity contribution in [3.63, 3.8) is 0 Å². The van der Waals surface area contributed by atoms with E-state index in [9.17, 15) is 4.79 Å². The molecule has 0 amide bonds. The fourth-order valence-electron chi connectivity index (χ4n) is 2.57. The topological polar surface area (TPSA) is 26.3 Å². The van der Waals surface area contributed by atoms with Crippen molar-refractivity contribution in [2.75, 3.05) is 0 Å². The van der Waals surface area contributed by atoms with E-state index in [1.165, 1.54) is 0 Å². The molecule has 0 spiro atoms. The van der Waals surface area contributed by atoms with Gasteiger partial charge in [-0.05, 0) is 47.6 Å². The van der Waals surface area contributed by atoms with E-state index in [1.807, 2.05) is 26.0 Å². The number of ketones is 1. The van der Waals surface area contributed by atoms with Crippen LogP contribution < -0.4 is 0 Å². The second-order valence-corrected chi connectivity index (χ2v) is 6.25. The Labute approximate surface area is 114 Å². The zero-order chi connectivity index (χ0) is 12.2. The van der Waals surface area contributed by atoms with Crippen LogP contribution in [0.5, 0.6) is 0 Å². The molecule has 2 aliphatic rings. The van der Waals surface area contributed by atoms with E-state index in [0.29, 0.717) is 6.42 Å². The number of hydrogen-bond acceptors (Lipinski definition) is 2. The molecule has 17 heavy (non-hydrogen) atoms. The smallest absolute Gasteiger partial charge is 0.165 e. The Kier molecular flexibility index (Phi) is 2.45. The van der Waals surface area contributed by atoms with Gasteiger partial charge in [0.25, 0.3) is 0 Å². The molecule has 1 heterocycles. The predicted octanol–water partition coefficient (Wildman–Crippen LogP) is 3.66. The standard InChI is InChI=1S/C14H13IO2/c1-14(2)7-10(16)11-12(15)8-5-3-4-6-9(8)13(11)17-14/h3-6,13H,7H2,1-2H3. The molecule has 1 saturated heterocycles. The molecule has 1 aromatic carbocycles. The van der Waals surface area contributed by atoms with E-state index in [4.69, 9.17) is 4.74 Å². The summed E-state index contributed by atoms with van der Waals surface area (Å²) in [7, 11) is 0. The lowest BCUT2D eigenvalue weighted by Crippen LogP contribution is -2.36. The Balaban J connectivity index is 2.17. The molecule has 0 bridgehead atoms. The highest BCUT2D eigenvalue weighted by molar-refractivity contribution is 14.1. The lowest BCUT2D eigenvalue weighted by Gasteiger charge is -2.35. The summed E-state index contributed by atoms with van der Waals surface area (Å²) in [5.41, 5.74) is 2.78. The van der Waals surface area contributed by atoms with Crippen LogP contribution in [0.25, 0.3) is 3.58 Å². The molecule has 2 nitrogen and oxygen atoms in total. The van der Waals surface area contributed by atoms with Gasteiger partial charge in [0.05, 0.1) is 5.60 Å². The van der Waals surface area contributed by atoms with Crippen molar-refractivity contribution in [1.29, 1.82) is 0 Å². The largest absolute Gasteiger partial charge is 0.362 e. The lowest BCUT2D eigenvalue weighted by atomic mass is 9.90.